The predicted molar refractivity (Wildman–Crippen MR) is 149 cm³/mol. The monoisotopic (exact) mass is 572 g/mol. The van der Waals surface area contributed by atoms with Crippen molar-refractivity contribution in [3.8, 4) is 6.07 Å². The number of rotatable bonds is 4. The van der Waals surface area contributed by atoms with Crippen molar-refractivity contribution in [1.29, 1.82) is 5.26 Å². The standard InChI is InChI=1S/C27H24N8O5S/c1-16-12-19(15-28)30-27(29-16)33-8-10-34(11-9-33)41(39,40)20-3-5-23-17(13-20)6-7-35(23)26(38)18-2-4-21-22(14-18)32-25(37)24(36)31-21/h2-5,12-14H,6-11H2,1H3,(H,31,36)(H,32,37). The fraction of sp³-hybridized carbons (Fsp3) is 0.259. The highest BCUT2D eigenvalue weighted by Gasteiger charge is 2.32. The van der Waals surface area contributed by atoms with E-state index in [4.69, 9.17) is 0 Å². The maximum absolute atomic E-state index is 13.5. The number of piperazine rings is 1. The summed E-state index contributed by atoms with van der Waals surface area (Å²) >= 11 is 0. The molecule has 4 heterocycles. The molecular formula is C27H24N8O5S. The largest absolute Gasteiger partial charge is 0.338 e. The Bertz CT molecular complexity index is 1990. The van der Waals surface area contributed by atoms with Gasteiger partial charge in [0.1, 0.15) is 11.8 Å². The Balaban J connectivity index is 1.19. The number of aryl methyl sites for hydroxylation is 1. The second kappa shape index (κ2) is 9.95. The number of nitrogens with one attached hydrogen (secondary N) is 2. The van der Waals surface area contributed by atoms with E-state index in [1.54, 1.807) is 42.2 Å². The van der Waals surface area contributed by atoms with E-state index in [2.05, 4.69) is 19.9 Å². The molecule has 0 unspecified atom stereocenters. The summed E-state index contributed by atoms with van der Waals surface area (Å²) in [6.45, 7) is 3.38. The third-order valence-corrected chi connectivity index (χ3v) is 9.17. The molecule has 1 fully saturated rings. The highest BCUT2D eigenvalue weighted by molar-refractivity contribution is 7.89. The third kappa shape index (κ3) is 4.75. The Labute approximate surface area is 233 Å². The summed E-state index contributed by atoms with van der Waals surface area (Å²) in [5.41, 5.74) is 1.78. The van der Waals surface area contributed by atoms with Gasteiger partial charge in [-0.15, -0.1) is 0 Å². The quantitative estimate of drug-likeness (QED) is 0.336. The summed E-state index contributed by atoms with van der Waals surface area (Å²) in [5, 5.41) is 9.20. The summed E-state index contributed by atoms with van der Waals surface area (Å²) in [6, 6.07) is 13.0. The summed E-state index contributed by atoms with van der Waals surface area (Å²) in [5.74, 6) is 0.106. The van der Waals surface area contributed by atoms with E-state index in [-0.39, 0.29) is 29.6 Å². The van der Waals surface area contributed by atoms with E-state index in [1.807, 2.05) is 11.0 Å². The van der Waals surface area contributed by atoms with Gasteiger partial charge in [-0.3, -0.25) is 14.4 Å². The van der Waals surface area contributed by atoms with E-state index in [0.717, 1.165) is 5.56 Å². The van der Waals surface area contributed by atoms with Crippen molar-refractivity contribution in [2.75, 3.05) is 42.5 Å². The maximum atomic E-state index is 13.5. The lowest BCUT2D eigenvalue weighted by Gasteiger charge is -2.34. The number of hydrogen-bond acceptors (Lipinski definition) is 9. The van der Waals surface area contributed by atoms with Gasteiger partial charge in [-0.1, -0.05) is 0 Å². The molecule has 0 saturated carbocycles. The van der Waals surface area contributed by atoms with Crippen molar-refractivity contribution in [1.82, 2.24) is 24.2 Å². The lowest BCUT2D eigenvalue weighted by atomic mass is 10.1. The molecule has 14 heteroatoms. The Kier molecular flexibility index (Phi) is 6.40. The number of aromatic amines is 2. The molecule has 2 aromatic heterocycles. The number of amides is 1. The van der Waals surface area contributed by atoms with Crippen LogP contribution in [0, 0.1) is 18.3 Å². The molecule has 41 heavy (non-hydrogen) atoms. The van der Waals surface area contributed by atoms with Gasteiger partial charge in [0.25, 0.3) is 5.91 Å². The second-order valence-electron chi connectivity index (χ2n) is 9.86. The number of H-pyrrole nitrogens is 2. The number of sulfonamides is 1. The highest BCUT2D eigenvalue weighted by Crippen LogP contribution is 2.33. The van der Waals surface area contributed by atoms with Crippen LogP contribution in [-0.4, -0.2) is 71.3 Å². The van der Waals surface area contributed by atoms with Crippen molar-refractivity contribution >= 4 is 38.6 Å². The molecule has 6 rings (SSSR count). The molecular weight excluding hydrogens is 548 g/mol. The van der Waals surface area contributed by atoms with Gasteiger partial charge in [-0.05, 0) is 61.4 Å². The van der Waals surface area contributed by atoms with E-state index >= 15 is 0 Å². The van der Waals surface area contributed by atoms with Gasteiger partial charge in [0.15, 0.2) is 0 Å². The normalized spacial score (nSPS) is 15.6. The molecule has 2 aliphatic rings. The molecule has 13 nitrogen and oxygen atoms in total. The van der Waals surface area contributed by atoms with Crippen LogP contribution in [0.2, 0.25) is 0 Å². The number of carbonyl (C=O) groups excluding carboxylic acids is 1. The van der Waals surface area contributed by atoms with Crippen molar-refractivity contribution in [3.05, 3.63) is 85.7 Å². The van der Waals surface area contributed by atoms with Gasteiger partial charge in [0.2, 0.25) is 16.0 Å². The van der Waals surface area contributed by atoms with Gasteiger partial charge in [-0.2, -0.15) is 9.57 Å². The Hall–Kier alpha value is -4.87. The van der Waals surface area contributed by atoms with Crippen LogP contribution >= 0.6 is 0 Å². The SMILES string of the molecule is Cc1cc(C#N)nc(N2CCN(S(=O)(=O)c3ccc4c(c3)CCN4C(=O)c3ccc4[nH]c(=O)c(=O)[nH]c4c3)CC2)n1. The van der Waals surface area contributed by atoms with Gasteiger partial charge in [0.05, 0.1) is 15.9 Å². The summed E-state index contributed by atoms with van der Waals surface area (Å²) < 4.78 is 28.4. The first-order chi connectivity index (χ1) is 19.6. The minimum absolute atomic E-state index is 0.157. The number of carbonyl (C=O) groups is 1. The van der Waals surface area contributed by atoms with Crippen molar-refractivity contribution in [2.24, 2.45) is 0 Å². The summed E-state index contributed by atoms with van der Waals surface area (Å²) in [6.07, 6.45) is 0.488. The summed E-state index contributed by atoms with van der Waals surface area (Å²) in [7, 11) is -3.78. The number of nitrogens with zero attached hydrogens (tertiary/aromatic N) is 6. The zero-order valence-corrected chi connectivity index (χ0v) is 22.7. The Morgan fingerprint density at radius 1 is 0.927 bits per heavy atom. The van der Waals surface area contributed by atoms with Gasteiger partial charge < -0.3 is 19.8 Å². The molecule has 2 N–H and O–H groups in total. The van der Waals surface area contributed by atoms with Gasteiger partial charge in [0, 0.05) is 49.7 Å². The first kappa shape index (κ1) is 26.4. The molecule has 0 radical (unpaired) electrons. The fourth-order valence-corrected chi connectivity index (χ4v) is 6.66. The van der Waals surface area contributed by atoms with Crippen LogP contribution in [-0.2, 0) is 16.4 Å². The molecule has 4 aromatic rings. The average molecular weight is 573 g/mol. The Morgan fingerprint density at radius 2 is 1.66 bits per heavy atom. The molecule has 2 aromatic carbocycles. The molecule has 1 amide bonds. The molecule has 0 bridgehead atoms. The van der Waals surface area contributed by atoms with Gasteiger partial charge >= 0.3 is 11.1 Å². The number of anilines is 2. The zero-order valence-electron chi connectivity index (χ0n) is 21.9. The molecule has 0 aliphatic carbocycles. The number of fused-ring (bicyclic) bond motifs is 2. The number of hydrogen-bond donors (Lipinski definition) is 2. The van der Waals surface area contributed by atoms with Crippen LogP contribution in [0.3, 0.4) is 0 Å². The zero-order chi connectivity index (χ0) is 28.9. The Morgan fingerprint density at radius 3 is 2.39 bits per heavy atom. The first-order valence-electron chi connectivity index (χ1n) is 12.9. The number of nitriles is 1. The van der Waals surface area contributed by atoms with Crippen molar-refractivity contribution < 1.29 is 13.2 Å². The predicted octanol–water partition coefficient (Wildman–Crippen LogP) is 0.900. The van der Waals surface area contributed by atoms with Crippen LogP contribution in [0.25, 0.3) is 11.0 Å². The fourth-order valence-electron chi connectivity index (χ4n) is 5.18. The minimum atomic E-state index is -3.78. The van der Waals surface area contributed by atoms with Crippen LogP contribution in [0.4, 0.5) is 11.6 Å². The van der Waals surface area contributed by atoms with Crippen LogP contribution in [0.5, 0.6) is 0 Å². The van der Waals surface area contributed by atoms with Crippen LogP contribution in [0.15, 0.2) is 56.9 Å². The van der Waals surface area contributed by atoms with E-state index < -0.39 is 21.1 Å². The van der Waals surface area contributed by atoms with E-state index in [0.29, 0.717) is 60.0 Å². The second-order valence-corrected chi connectivity index (χ2v) is 11.8. The highest BCUT2D eigenvalue weighted by atomic mass is 32.2. The molecule has 208 valence electrons. The van der Waals surface area contributed by atoms with Crippen molar-refractivity contribution in [2.45, 2.75) is 18.2 Å². The molecule has 2 aliphatic heterocycles. The lowest BCUT2D eigenvalue weighted by molar-refractivity contribution is 0.0989. The van der Waals surface area contributed by atoms with E-state index in [1.165, 1.54) is 16.4 Å². The average Bonchev–Trinajstić information content (AvgIpc) is 3.40. The maximum Gasteiger partial charge on any atom is 0.314 e. The topological polar surface area (TPSA) is 176 Å². The van der Waals surface area contributed by atoms with Crippen LogP contribution in [0.1, 0.15) is 27.3 Å². The molecule has 1 saturated heterocycles. The molecule has 0 spiro atoms. The van der Waals surface area contributed by atoms with Gasteiger partial charge in [-0.25, -0.2) is 18.4 Å². The van der Waals surface area contributed by atoms with Crippen molar-refractivity contribution in [3.63, 3.8) is 0 Å². The first-order valence-corrected chi connectivity index (χ1v) is 14.3. The summed E-state index contributed by atoms with van der Waals surface area (Å²) in [4.78, 5) is 53.8. The minimum Gasteiger partial charge on any atom is -0.338 e. The number of aromatic nitrogens is 4. The van der Waals surface area contributed by atoms with E-state index in [9.17, 15) is 28.1 Å². The van der Waals surface area contributed by atoms with Crippen LogP contribution < -0.4 is 20.9 Å². The smallest absolute Gasteiger partial charge is 0.314 e. The number of benzene rings is 2. The third-order valence-electron chi connectivity index (χ3n) is 7.28. The lowest BCUT2D eigenvalue weighted by Crippen LogP contribution is -2.49. The molecule has 0 atom stereocenters.